The van der Waals surface area contributed by atoms with E-state index in [-0.39, 0.29) is 17.3 Å². The van der Waals surface area contributed by atoms with Crippen molar-refractivity contribution < 1.29 is 13.2 Å². The summed E-state index contributed by atoms with van der Waals surface area (Å²) in [7, 11) is -3.60. The lowest BCUT2D eigenvalue weighted by Gasteiger charge is -2.30. The first-order chi connectivity index (χ1) is 13.4. The van der Waals surface area contributed by atoms with Crippen molar-refractivity contribution in [2.45, 2.75) is 31.2 Å². The van der Waals surface area contributed by atoms with Gasteiger partial charge in [0.05, 0.1) is 4.90 Å². The van der Waals surface area contributed by atoms with Crippen LogP contribution >= 0.6 is 11.3 Å². The molecule has 8 heteroatoms. The molecule has 1 aromatic carbocycles. The topological polar surface area (TPSA) is 78.5 Å². The van der Waals surface area contributed by atoms with Gasteiger partial charge in [0.1, 0.15) is 0 Å². The summed E-state index contributed by atoms with van der Waals surface area (Å²) >= 11 is 1.50. The Hall–Kier alpha value is -1.74. The van der Waals surface area contributed by atoms with E-state index in [9.17, 15) is 13.2 Å². The molecule has 1 amide bonds. The van der Waals surface area contributed by atoms with Crippen LogP contribution in [-0.4, -0.2) is 45.4 Å². The van der Waals surface area contributed by atoms with Crippen LogP contribution < -0.4 is 10.0 Å². The van der Waals surface area contributed by atoms with Crippen molar-refractivity contribution in [3.8, 4) is 0 Å². The lowest BCUT2D eigenvalue weighted by Crippen LogP contribution is -2.40. The van der Waals surface area contributed by atoms with Crippen LogP contribution in [0.3, 0.4) is 0 Å². The van der Waals surface area contributed by atoms with E-state index in [1.165, 1.54) is 36.3 Å². The molecule has 1 aromatic heterocycles. The first-order valence-corrected chi connectivity index (χ1v) is 11.9. The molecule has 3 rings (SSSR count). The smallest absolute Gasteiger partial charge is 0.251 e. The van der Waals surface area contributed by atoms with Crippen LogP contribution in [0.1, 0.15) is 35.0 Å². The van der Waals surface area contributed by atoms with Crippen LogP contribution in [-0.2, 0) is 16.6 Å². The third kappa shape index (κ3) is 5.88. The molecule has 28 heavy (non-hydrogen) atoms. The number of carbonyl (C=O) groups excluding carboxylic acids is 1. The van der Waals surface area contributed by atoms with Gasteiger partial charge < -0.3 is 10.2 Å². The summed E-state index contributed by atoms with van der Waals surface area (Å²) in [5, 5.41) is 4.82. The summed E-state index contributed by atoms with van der Waals surface area (Å²) in [6, 6.07) is 9.81. The predicted molar refractivity (Wildman–Crippen MR) is 112 cm³/mol. The summed E-state index contributed by atoms with van der Waals surface area (Å²) in [5.74, 6) is 0.535. The van der Waals surface area contributed by atoms with E-state index in [4.69, 9.17) is 0 Å². The minimum Gasteiger partial charge on any atom is -0.351 e. The maximum absolute atomic E-state index is 12.4. The lowest BCUT2D eigenvalue weighted by molar-refractivity contribution is 0.0943. The van der Waals surface area contributed by atoms with Gasteiger partial charge in [-0.05, 0) is 61.0 Å². The SMILES string of the molecule is CC1CCCN(CCNC(=O)c2ccc(S(=O)(=O)NCc3cccs3)cc2)C1. The number of nitrogens with one attached hydrogen (secondary N) is 2. The van der Waals surface area contributed by atoms with E-state index in [1.807, 2.05) is 17.5 Å². The molecule has 2 heterocycles. The Morgan fingerprint density at radius 1 is 1.25 bits per heavy atom. The molecule has 6 nitrogen and oxygen atoms in total. The highest BCUT2D eigenvalue weighted by Gasteiger charge is 2.17. The van der Waals surface area contributed by atoms with Gasteiger partial charge in [-0.25, -0.2) is 13.1 Å². The number of carbonyl (C=O) groups is 1. The number of amides is 1. The highest BCUT2D eigenvalue weighted by molar-refractivity contribution is 7.89. The second kappa shape index (κ2) is 9.65. The minimum atomic E-state index is -3.60. The van der Waals surface area contributed by atoms with E-state index in [1.54, 1.807) is 12.1 Å². The van der Waals surface area contributed by atoms with Crippen molar-refractivity contribution in [1.29, 1.82) is 0 Å². The van der Waals surface area contributed by atoms with Crippen molar-refractivity contribution in [3.63, 3.8) is 0 Å². The summed E-state index contributed by atoms with van der Waals surface area (Å²) in [6.07, 6.45) is 2.49. The zero-order valence-corrected chi connectivity index (χ0v) is 17.7. The third-order valence-electron chi connectivity index (χ3n) is 4.90. The Labute approximate surface area is 171 Å². The molecular weight excluding hydrogens is 394 g/mol. The molecule has 0 radical (unpaired) electrons. The molecule has 0 bridgehead atoms. The van der Waals surface area contributed by atoms with Crippen LogP contribution in [0, 0.1) is 5.92 Å². The van der Waals surface area contributed by atoms with Gasteiger partial charge in [0, 0.05) is 36.6 Å². The molecule has 1 aliphatic heterocycles. The number of thiophene rings is 1. The molecule has 2 aromatic rings. The highest BCUT2D eigenvalue weighted by Crippen LogP contribution is 2.15. The normalized spacial score (nSPS) is 18.1. The Morgan fingerprint density at radius 2 is 2.04 bits per heavy atom. The number of hydrogen-bond acceptors (Lipinski definition) is 5. The summed E-state index contributed by atoms with van der Waals surface area (Å²) in [4.78, 5) is 15.8. The molecule has 0 spiro atoms. The van der Waals surface area contributed by atoms with Gasteiger partial charge in [-0.2, -0.15) is 0 Å². The molecule has 1 saturated heterocycles. The van der Waals surface area contributed by atoms with Gasteiger partial charge in [0.2, 0.25) is 10.0 Å². The molecule has 0 aliphatic carbocycles. The number of rotatable bonds is 8. The molecule has 1 aliphatic rings. The van der Waals surface area contributed by atoms with Crippen molar-refractivity contribution in [2.24, 2.45) is 5.92 Å². The monoisotopic (exact) mass is 421 g/mol. The highest BCUT2D eigenvalue weighted by atomic mass is 32.2. The van der Waals surface area contributed by atoms with Crippen LogP contribution in [0.2, 0.25) is 0 Å². The number of likely N-dealkylation sites (tertiary alicyclic amines) is 1. The number of piperidine rings is 1. The van der Waals surface area contributed by atoms with Crippen molar-refractivity contribution in [2.75, 3.05) is 26.2 Å². The zero-order chi connectivity index (χ0) is 20.0. The first kappa shape index (κ1) is 21.0. The van der Waals surface area contributed by atoms with Crippen molar-refractivity contribution in [1.82, 2.24) is 14.9 Å². The van der Waals surface area contributed by atoms with Crippen LogP contribution in [0.5, 0.6) is 0 Å². The van der Waals surface area contributed by atoms with E-state index in [2.05, 4.69) is 21.9 Å². The number of sulfonamides is 1. The van der Waals surface area contributed by atoms with Gasteiger partial charge in [0.15, 0.2) is 0 Å². The number of nitrogens with zero attached hydrogens (tertiary/aromatic N) is 1. The second-order valence-corrected chi connectivity index (χ2v) is 10.0. The third-order valence-corrected chi connectivity index (χ3v) is 7.19. The van der Waals surface area contributed by atoms with Gasteiger partial charge in [-0.1, -0.05) is 13.0 Å². The average molecular weight is 422 g/mol. The fourth-order valence-electron chi connectivity index (χ4n) is 3.37. The van der Waals surface area contributed by atoms with Gasteiger partial charge in [0.25, 0.3) is 5.91 Å². The van der Waals surface area contributed by atoms with Gasteiger partial charge in [-0.15, -0.1) is 11.3 Å². The van der Waals surface area contributed by atoms with Crippen LogP contribution in [0.15, 0.2) is 46.7 Å². The molecule has 0 saturated carbocycles. The quantitative estimate of drug-likeness (QED) is 0.687. The molecule has 2 N–H and O–H groups in total. The van der Waals surface area contributed by atoms with Crippen molar-refractivity contribution >= 4 is 27.3 Å². The van der Waals surface area contributed by atoms with E-state index >= 15 is 0 Å². The van der Waals surface area contributed by atoms with Gasteiger partial charge in [-0.3, -0.25) is 4.79 Å². The average Bonchev–Trinajstić information content (AvgIpc) is 3.20. The summed E-state index contributed by atoms with van der Waals surface area (Å²) in [5.41, 5.74) is 0.462. The largest absolute Gasteiger partial charge is 0.351 e. The Bertz CT molecular complexity index is 865. The summed E-state index contributed by atoms with van der Waals surface area (Å²) < 4.78 is 27.3. The van der Waals surface area contributed by atoms with Crippen LogP contribution in [0.25, 0.3) is 0 Å². The Balaban J connectivity index is 1.49. The first-order valence-electron chi connectivity index (χ1n) is 9.57. The maximum Gasteiger partial charge on any atom is 0.251 e. The van der Waals surface area contributed by atoms with Crippen LogP contribution in [0.4, 0.5) is 0 Å². The maximum atomic E-state index is 12.4. The molecule has 1 unspecified atom stereocenters. The molecular formula is C20H27N3O3S2. The fourth-order valence-corrected chi connectivity index (χ4v) is 5.11. The Kier molecular flexibility index (Phi) is 7.23. The lowest BCUT2D eigenvalue weighted by atomic mass is 10.0. The number of benzene rings is 1. The minimum absolute atomic E-state index is 0.155. The van der Waals surface area contributed by atoms with Crippen molar-refractivity contribution in [3.05, 3.63) is 52.2 Å². The van der Waals surface area contributed by atoms with E-state index in [0.717, 1.165) is 24.5 Å². The predicted octanol–water partition coefficient (Wildman–Crippen LogP) is 2.69. The summed E-state index contributed by atoms with van der Waals surface area (Å²) in [6.45, 7) is 6.13. The molecule has 152 valence electrons. The molecule has 1 fully saturated rings. The standard InChI is InChI=1S/C20H27N3O3S2/c1-16-4-2-11-23(15-16)12-10-21-20(24)17-6-8-19(9-7-17)28(25,26)22-14-18-5-3-13-27-18/h3,5-9,13,16,22H,2,4,10-12,14-15H2,1H3,(H,21,24). The van der Waals surface area contributed by atoms with E-state index in [0.29, 0.717) is 18.0 Å². The molecule has 1 atom stereocenters. The second-order valence-electron chi connectivity index (χ2n) is 7.23. The number of hydrogen-bond donors (Lipinski definition) is 2. The zero-order valence-electron chi connectivity index (χ0n) is 16.1. The fraction of sp³-hybridized carbons (Fsp3) is 0.450. The van der Waals surface area contributed by atoms with E-state index < -0.39 is 10.0 Å². The van der Waals surface area contributed by atoms with Gasteiger partial charge >= 0.3 is 0 Å². The Morgan fingerprint density at radius 3 is 2.71 bits per heavy atom.